The number of aromatic nitrogens is 3. The third-order valence-corrected chi connectivity index (χ3v) is 4.40. The predicted molar refractivity (Wildman–Crippen MR) is 104 cm³/mol. The molecule has 0 atom stereocenters. The van der Waals surface area contributed by atoms with Gasteiger partial charge in [0.15, 0.2) is 0 Å². The molecule has 0 amide bonds. The maximum absolute atomic E-state index is 11.8. The van der Waals surface area contributed by atoms with Gasteiger partial charge in [0.05, 0.1) is 25.0 Å². The Labute approximate surface area is 157 Å². The Morgan fingerprint density at radius 2 is 2.04 bits per heavy atom. The second-order valence-electron chi connectivity index (χ2n) is 6.73. The van der Waals surface area contributed by atoms with Crippen LogP contribution in [0.3, 0.4) is 0 Å². The molecule has 0 spiro atoms. The van der Waals surface area contributed by atoms with Gasteiger partial charge in [0, 0.05) is 36.8 Å². The van der Waals surface area contributed by atoms with Crippen LogP contribution in [0.25, 0.3) is 22.3 Å². The Morgan fingerprint density at radius 3 is 2.78 bits per heavy atom. The topological polar surface area (TPSA) is 80.3 Å². The Kier molecular flexibility index (Phi) is 4.77. The van der Waals surface area contributed by atoms with Gasteiger partial charge < -0.3 is 19.4 Å². The number of ether oxygens (including phenoxy) is 2. The molecule has 0 aliphatic carbocycles. The first-order valence-electron chi connectivity index (χ1n) is 9.10. The first-order valence-corrected chi connectivity index (χ1v) is 9.10. The van der Waals surface area contributed by atoms with Gasteiger partial charge in [0.1, 0.15) is 22.8 Å². The lowest BCUT2D eigenvalue weighted by Crippen LogP contribution is -2.36. The molecule has 1 N–H and O–H groups in total. The lowest BCUT2D eigenvalue weighted by atomic mass is 10.1. The van der Waals surface area contributed by atoms with E-state index >= 15 is 0 Å². The van der Waals surface area contributed by atoms with E-state index < -0.39 is 0 Å². The summed E-state index contributed by atoms with van der Waals surface area (Å²) in [5.41, 5.74) is 1.80. The molecule has 0 saturated carbocycles. The lowest BCUT2D eigenvalue weighted by Gasteiger charge is -2.28. The lowest BCUT2D eigenvalue weighted by molar-refractivity contribution is 0.122. The summed E-state index contributed by atoms with van der Waals surface area (Å²) >= 11 is 0. The Bertz CT molecular complexity index is 1010. The number of nitrogens with zero attached hydrogens (tertiary/aromatic N) is 3. The van der Waals surface area contributed by atoms with Crippen LogP contribution in [0.1, 0.15) is 13.8 Å². The minimum absolute atomic E-state index is 0.0290. The predicted octanol–water partition coefficient (Wildman–Crippen LogP) is 2.61. The van der Waals surface area contributed by atoms with Gasteiger partial charge in [-0.05, 0) is 26.0 Å². The Hall–Kier alpha value is -2.93. The van der Waals surface area contributed by atoms with Gasteiger partial charge in [0.2, 0.25) is 5.56 Å². The highest BCUT2D eigenvalue weighted by Gasteiger charge is 2.19. The Balaban J connectivity index is 1.93. The second kappa shape index (κ2) is 7.36. The minimum Gasteiger partial charge on any atom is -0.490 e. The largest absolute Gasteiger partial charge is 0.490 e. The zero-order valence-electron chi connectivity index (χ0n) is 15.4. The third-order valence-electron chi connectivity index (χ3n) is 4.40. The fourth-order valence-corrected chi connectivity index (χ4v) is 3.20. The number of fused-ring (bicyclic) bond motifs is 1. The van der Waals surface area contributed by atoms with E-state index in [9.17, 15) is 4.79 Å². The highest BCUT2D eigenvalue weighted by Crippen LogP contribution is 2.34. The number of nitrogens with one attached hydrogen (secondary N) is 1. The molecule has 0 aromatic carbocycles. The van der Waals surface area contributed by atoms with Crippen molar-refractivity contribution >= 4 is 16.7 Å². The zero-order valence-corrected chi connectivity index (χ0v) is 15.4. The maximum atomic E-state index is 11.8. The molecule has 7 heteroatoms. The van der Waals surface area contributed by atoms with Gasteiger partial charge in [-0.1, -0.05) is 6.07 Å². The van der Waals surface area contributed by atoms with Crippen LogP contribution in [0.5, 0.6) is 5.75 Å². The van der Waals surface area contributed by atoms with E-state index in [0.29, 0.717) is 30.1 Å². The van der Waals surface area contributed by atoms with Crippen LogP contribution in [0, 0.1) is 0 Å². The molecule has 27 heavy (non-hydrogen) atoms. The number of pyridine rings is 3. The van der Waals surface area contributed by atoms with Gasteiger partial charge in [-0.25, -0.2) is 4.98 Å². The molecule has 3 aromatic heterocycles. The highest BCUT2D eigenvalue weighted by atomic mass is 16.5. The standard InChI is InChI=1S/C20H22N4O3/c1-13(2)27-16-12-17(24-8-10-26-11-9-24)23-19-14(16)6-7-21-20(19)15-4-3-5-18(25)22-15/h3-7,12-13H,8-11H2,1-2H3,(H,22,25). The van der Waals surface area contributed by atoms with E-state index in [0.717, 1.165) is 30.0 Å². The van der Waals surface area contributed by atoms with Crippen molar-refractivity contribution in [1.29, 1.82) is 0 Å². The van der Waals surface area contributed by atoms with Crippen LogP contribution in [0.15, 0.2) is 41.3 Å². The number of hydrogen-bond acceptors (Lipinski definition) is 6. The SMILES string of the molecule is CC(C)Oc1cc(N2CCOCC2)nc2c(-c3cccc(=O)[nH]3)nccc12. The molecule has 7 nitrogen and oxygen atoms in total. The number of rotatable bonds is 4. The summed E-state index contributed by atoms with van der Waals surface area (Å²) in [4.78, 5) is 26.2. The molecule has 1 aliphatic rings. The molecule has 1 aliphatic heterocycles. The van der Waals surface area contributed by atoms with Crippen LogP contribution in [-0.4, -0.2) is 47.4 Å². The van der Waals surface area contributed by atoms with E-state index in [-0.39, 0.29) is 11.7 Å². The molecule has 1 fully saturated rings. The molecule has 1 saturated heterocycles. The summed E-state index contributed by atoms with van der Waals surface area (Å²) < 4.78 is 11.5. The van der Waals surface area contributed by atoms with E-state index in [2.05, 4.69) is 14.9 Å². The summed E-state index contributed by atoms with van der Waals surface area (Å²) in [6.45, 7) is 6.89. The van der Waals surface area contributed by atoms with Gasteiger partial charge in [0.25, 0.3) is 0 Å². The van der Waals surface area contributed by atoms with Crippen LogP contribution >= 0.6 is 0 Å². The van der Waals surface area contributed by atoms with Crippen molar-refractivity contribution in [3.05, 3.63) is 46.9 Å². The molecule has 140 valence electrons. The first-order chi connectivity index (χ1) is 13.1. The van der Waals surface area contributed by atoms with Crippen molar-refractivity contribution in [3.8, 4) is 17.1 Å². The molecule has 4 rings (SSSR count). The number of anilines is 1. The van der Waals surface area contributed by atoms with Crippen molar-refractivity contribution < 1.29 is 9.47 Å². The van der Waals surface area contributed by atoms with Crippen LogP contribution in [-0.2, 0) is 4.74 Å². The molecule has 0 radical (unpaired) electrons. The first kappa shape index (κ1) is 17.5. The van der Waals surface area contributed by atoms with Crippen molar-refractivity contribution in [1.82, 2.24) is 15.0 Å². The number of H-pyrrole nitrogens is 1. The molecular weight excluding hydrogens is 344 g/mol. The second-order valence-corrected chi connectivity index (χ2v) is 6.73. The monoisotopic (exact) mass is 366 g/mol. The summed E-state index contributed by atoms with van der Waals surface area (Å²) in [7, 11) is 0. The minimum atomic E-state index is -0.172. The normalized spacial score (nSPS) is 14.7. The van der Waals surface area contributed by atoms with Crippen LogP contribution in [0.4, 0.5) is 5.82 Å². The van der Waals surface area contributed by atoms with Gasteiger partial charge >= 0.3 is 0 Å². The smallest absolute Gasteiger partial charge is 0.248 e. The van der Waals surface area contributed by atoms with Crippen molar-refractivity contribution in [3.63, 3.8) is 0 Å². The van der Waals surface area contributed by atoms with E-state index in [1.54, 1.807) is 12.3 Å². The quantitative estimate of drug-likeness (QED) is 0.764. The van der Waals surface area contributed by atoms with Gasteiger partial charge in [-0.15, -0.1) is 0 Å². The fourth-order valence-electron chi connectivity index (χ4n) is 3.20. The summed E-state index contributed by atoms with van der Waals surface area (Å²) in [5.74, 6) is 1.59. The van der Waals surface area contributed by atoms with Crippen molar-refractivity contribution in [2.45, 2.75) is 20.0 Å². The van der Waals surface area contributed by atoms with E-state index in [4.69, 9.17) is 14.5 Å². The molecule has 3 aromatic rings. The third kappa shape index (κ3) is 3.64. The summed E-state index contributed by atoms with van der Waals surface area (Å²) in [5, 5.41) is 0.871. The molecule has 0 bridgehead atoms. The molecular formula is C20H22N4O3. The van der Waals surface area contributed by atoms with Gasteiger partial charge in [-0.2, -0.15) is 0 Å². The van der Waals surface area contributed by atoms with Crippen LogP contribution in [0.2, 0.25) is 0 Å². The fraction of sp³-hybridized carbons (Fsp3) is 0.350. The van der Waals surface area contributed by atoms with Crippen molar-refractivity contribution in [2.75, 3.05) is 31.2 Å². The number of hydrogen-bond donors (Lipinski definition) is 1. The van der Waals surface area contributed by atoms with Gasteiger partial charge in [-0.3, -0.25) is 9.78 Å². The maximum Gasteiger partial charge on any atom is 0.248 e. The zero-order chi connectivity index (χ0) is 18.8. The van der Waals surface area contributed by atoms with E-state index in [1.807, 2.05) is 32.0 Å². The highest BCUT2D eigenvalue weighted by molar-refractivity contribution is 5.95. The average Bonchev–Trinajstić information content (AvgIpc) is 2.68. The summed E-state index contributed by atoms with van der Waals surface area (Å²) in [6, 6.07) is 8.90. The number of aromatic amines is 1. The Morgan fingerprint density at radius 1 is 1.22 bits per heavy atom. The summed E-state index contributed by atoms with van der Waals surface area (Å²) in [6.07, 6.45) is 1.74. The molecule has 4 heterocycles. The molecule has 0 unspecified atom stereocenters. The number of morpholine rings is 1. The van der Waals surface area contributed by atoms with Crippen LogP contribution < -0.4 is 15.2 Å². The van der Waals surface area contributed by atoms with E-state index in [1.165, 1.54) is 6.07 Å². The van der Waals surface area contributed by atoms with Crippen molar-refractivity contribution in [2.24, 2.45) is 0 Å². The average molecular weight is 366 g/mol.